The Labute approximate surface area is 106 Å². The van der Waals surface area contributed by atoms with E-state index >= 15 is 0 Å². The van der Waals surface area contributed by atoms with Gasteiger partial charge in [0, 0.05) is 38.3 Å². The van der Waals surface area contributed by atoms with Crippen LogP contribution in [0.1, 0.15) is 32.6 Å². The lowest BCUT2D eigenvalue weighted by atomic mass is 9.92. The van der Waals surface area contributed by atoms with E-state index in [9.17, 15) is 0 Å². The smallest absolute Gasteiger partial charge is 0.0224 e. The fourth-order valence-electron chi connectivity index (χ4n) is 3.99. The average Bonchev–Trinajstić information content (AvgIpc) is 2.76. The number of fused-ring (bicyclic) bond motifs is 1. The van der Waals surface area contributed by atoms with Crippen LogP contribution in [0, 0.1) is 5.92 Å². The number of rotatable bonds is 2. The zero-order chi connectivity index (χ0) is 11.7. The standard InChI is InChI=1S/C14H27N3/c1-12-9-13(4-5-15-12)10-16-7-8-17-6-2-3-14(17)11-16/h12-15H,2-11H2,1H3. The van der Waals surface area contributed by atoms with Crippen LogP contribution in [0.5, 0.6) is 0 Å². The van der Waals surface area contributed by atoms with Crippen LogP contribution in [-0.2, 0) is 0 Å². The second-order valence-electron chi connectivity index (χ2n) is 6.34. The van der Waals surface area contributed by atoms with Gasteiger partial charge in [0.25, 0.3) is 0 Å². The summed E-state index contributed by atoms with van der Waals surface area (Å²) in [4.78, 5) is 5.46. The first kappa shape index (κ1) is 11.9. The molecule has 0 aliphatic carbocycles. The molecule has 3 unspecified atom stereocenters. The van der Waals surface area contributed by atoms with Crippen molar-refractivity contribution < 1.29 is 0 Å². The van der Waals surface area contributed by atoms with E-state index in [0.717, 1.165) is 18.0 Å². The molecule has 0 aromatic carbocycles. The molecule has 0 spiro atoms. The second kappa shape index (κ2) is 5.25. The zero-order valence-corrected chi connectivity index (χ0v) is 11.2. The summed E-state index contributed by atoms with van der Waals surface area (Å²) >= 11 is 0. The van der Waals surface area contributed by atoms with E-state index in [1.54, 1.807) is 0 Å². The van der Waals surface area contributed by atoms with Crippen molar-refractivity contribution in [2.45, 2.75) is 44.7 Å². The molecule has 3 rings (SSSR count). The largest absolute Gasteiger partial charge is 0.314 e. The molecule has 3 fully saturated rings. The summed E-state index contributed by atoms with van der Waals surface area (Å²) in [7, 11) is 0. The van der Waals surface area contributed by atoms with Crippen LogP contribution in [-0.4, -0.2) is 61.2 Å². The summed E-state index contributed by atoms with van der Waals surface area (Å²) < 4.78 is 0. The van der Waals surface area contributed by atoms with Gasteiger partial charge in [0.15, 0.2) is 0 Å². The minimum absolute atomic E-state index is 0.738. The number of nitrogens with zero attached hydrogens (tertiary/aromatic N) is 2. The van der Waals surface area contributed by atoms with Gasteiger partial charge in [-0.1, -0.05) is 0 Å². The first-order valence-corrected chi connectivity index (χ1v) is 7.51. The van der Waals surface area contributed by atoms with Gasteiger partial charge in [0.05, 0.1) is 0 Å². The van der Waals surface area contributed by atoms with Crippen molar-refractivity contribution >= 4 is 0 Å². The van der Waals surface area contributed by atoms with Crippen LogP contribution in [0.4, 0.5) is 0 Å². The number of hydrogen-bond donors (Lipinski definition) is 1. The molecule has 0 aromatic rings. The van der Waals surface area contributed by atoms with E-state index in [1.165, 1.54) is 65.0 Å². The molecular formula is C14H27N3. The molecule has 0 aromatic heterocycles. The van der Waals surface area contributed by atoms with Crippen molar-refractivity contribution in [3.63, 3.8) is 0 Å². The van der Waals surface area contributed by atoms with Crippen LogP contribution in [0.25, 0.3) is 0 Å². The zero-order valence-electron chi connectivity index (χ0n) is 11.2. The highest BCUT2D eigenvalue weighted by atomic mass is 15.3. The van der Waals surface area contributed by atoms with Crippen LogP contribution in [0.15, 0.2) is 0 Å². The molecule has 3 aliphatic heterocycles. The molecule has 0 amide bonds. The van der Waals surface area contributed by atoms with E-state index in [-0.39, 0.29) is 0 Å². The third kappa shape index (κ3) is 2.83. The molecule has 3 heteroatoms. The predicted molar refractivity (Wildman–Crippen MR) is 71.2 cm³/mol. The summed E-state index contributed by atoms with van der Waals surface area (Å²) in [6.07, 6.45) is 5.64. The van der Waals surface area contributed by atoms with Crippen molar-refractivity contribution in [3.05, 3.63) is 0 Å². The van der Waals surface area contributed by atoms with Gasteiger partial charge in [-0.25, -0.2) is 0 Å². The Balaban J connectivity index is 1.48. The van der Waals surface area contributed by atoms with Crippen molar-refractivity contribution in [1.82, 2.24) is 15.1 Å². The third-order valence-corrected chi connectivity index (χ3v) is 4.92. The molecule has 1 N–H and O–H groups in total. The molecule has 3 saturated heterocycles. The maximum atomic E-state index is 3.56. The molecular weight excluding hydrogens is 210 g/mol. The second-order valence-corrected chi connectivity index (χ2v) is 6.34. The van der Waals surface area contributed by atoms with E-state index in [1.807, 2.05) is 0 Å². The monoisotopic (exact) mass is 237 g/mol. The highest BCUT2D eigenvalue weighted by molar-refractivity contribution is 4.88. The molecule has 3 atom stereocenters. The first-order chi connectivity index (χ1) is 8.31. The number of piperazine rings is 1. The van der Waals surface area contributed by atoms with Crippen LogP contribution < -0.4 is 5.32 Å². The number of nitrogens with one attached hydrogen (secondary N) is 1. The molecule has 3 nitrogen and oxygen atoms in total. The Morgan fingerprint density at radius 1 is 1.18 bits per heavy atom. The van der Waals surface area contributed by atoms with E-state index in [4.69, 9.17) is 0 Å². The van der Waals surface area contributed by atoms with Gasteiger partial charge in [0.1, 0.15) is 0 Å². The van der Waals surface area contributed by atoms with Crippen molar-refractivity contribution in [2.75, 3.05) is 39.3 Å². The molecule has 0 radical (unpaired) electrons. The SMILES string of the molecule is CC1CC(CN2CCN3CCCC3C2)CCN1. The predicted octanol–water partition coefficient (Wildman–Crippen LogP) is 1.15. The Hall–Kier alpha value is -0.120. The Kier molecular flexibility index (Phi) is 3.69. The lowest BCUT2D eigenvalue weighted by Crippen LogP contribution is -2.52. The topological polar surface area (TPSA) is 18.5 Å². The van der Waals surface area contributed by atoms with Gasteiger partial charge in [-0.2, -0.15) is 0 Å². The maximum absolute atomic E-state index is 3.56. The first-order valence-electron chi connectivity index (χ1n) is 7.51. The molecule has 17 heavy (non-hydrogen) atoms. The third-order valence-electron chi connectivity index (χ3n) is 4.92. The van der Waals surface area contributed by atoms with Crippen molar-refractivity contribution in [1.29, 1.82) is 0 Å². The molecule has 0 saturated carbocycles. The number of hydrogen-bond acceptors (Lipinski definition) is 3. The van der Waals surface area contributed by atoms with E-state index in [2.05, 4.69) is 22.0 Å². The summed E-state index contributed by atoms with van der Waals surface area (Å²) in [5.74, 6) is 0.944. The highest BCUT2D eigenvalue weighted by Crippen LogP contribution is 2.24. The minimum atomic E-state index is 0.738. The summed E-state index contributed by atoms with van der Waals surface area (Å²) in [6.45, 7) is 10.3. The number of piperidine rings is 1. The average molecular weight is 237 g/mol. The van der Waals surface area contributed by atoms with Gasteiger partial charge in [-0.3, -0.25) is 4.90 Å². The Morgan fingerprint density at radius 3 is 3.00 bits per heavy atom. The van der Waals surface area contributed by atoms with Gasteiger partial charge in [0.2, 0.25) is 0 Å². The Morgan fingerprint density at radius 2 is 2.12 bits per heavy atom. The lowest BCUT2D eigenvalue weighted by Gasteiger charge is -2.40. The highest BCUT2D eigenvalue weighted by Gasteiger charge is 2.31. The Bertz CT molecular complexity index is 256. The molecule has 0 bridgehead atoms. The summed E-state index contributed by atoms with van der Waals surface area (Å²) in [5, 5.41) is 3.56. The van der Waals surface area contributed by atoms with Crippen molar-refractivity contribution in [3.8, 4) is 0 Å². The lowest BCUT2D eigenvalue weighted by molar-refractivity contribution is 0.0840. The fraction of sp³-hybridized carbons (Fsp3) is 1.00. The van der Waals surface area contributed by atoms with E-state index in [0.29, 0.717) is 0 Å². The summed E-state index contributed by atoms with van der Waals surface area (Å²) in [5.41, 5.74) is 0. The molecule has 3 heterocycles. The van der Waals surface area contributed by atoms with Gasteiger partial charge in [-0.15, -0.1) is 0 Å². The normalized spacial score (nSPS) is 40.4. The minimum Gasteiger partial charge on any atom is -0.314 e. The fourth-order valence-corrected chi connectivity index (χ4v) is 3.99. The summed E-state index contributed by atoms with van der Waals surface area (Å²) in [6, 6.07) is 1.63. The van der Waals surface area contributed by atoms with Gasteiger partial charge < -0.3 is 10.2 Å². The quantitative estimate of drug-likeness (QED) is 0.777. The van der Waals surface area contributed by atoms with Crippen molar-refractivity contribution in [2.24, 2.45) is 5.92 Å². The van der Waals surface area contributed by atoms with Gasteiger partial charge in [-0.05, 0) is 51.6 Å². The van der Waals surface area contributed by atoms with Gasteiger partial charge >= 0.3 is 0 Å². The maximum Gasteiger partial charge on any atom is 0.0224 e. The van der Waals surface area contributed by atoms with Crippen LogP contribution in [0.3, 0.4) is 0 Å². The van der Waals surface area contributed by atoms with Crippen LogP contribution >= 0.6 is 0 Å². The van der Waals surface area contributed by atoms with E-state index < -0.39 is 0 Å². The van der Waals surface area contributed by atoms with Crippen LogP contribution in [0.2, 0.25) is 0 Å². The molecule has 98 valence electrons. The molecule has 3 aliphatic rings.